The zero-order valence-electron chi connectivity index (χ0n) is 9.41. The number of nitrogens with one attached hydrogen (secondary N) is 1. The SMILES string of the molecule is C1CNC[C@@H](OCCN2CCOCC2)C1. The first-order valence-corrected chi connectivity index (χ1v) is 6.07. The molecule has 88 valence electrons. The van der Waals surface area contributed by atoms with Crippen molar-refractivity contribution in [3.05, 3.63) is 0 Å². The van der Waals surface area contributed by atoms with Crippen LogP contribution in [0, 0.1) is 0 Å². The van der Waals surface area contributed by atoms with Gasteiger partial charge in [0.1, 0.15) is 0 Å². The third-order valence-corrected chi connectivity index (χ3v) is 3.12. The van der Waals surface area contributed by atoms with Gasteiger partial charge in [-0.05, 0) is 19.4 Å². The Morgan fingerprint density at radius 2 is 2.20 bits per heavy atom. The molecule has 15 heavy (non-hydrogen) atoms. The highest BCUT2D eigenvalue weighted by Gasteiger charge is 2.14. The molecule has 0 radical (unpaired) electrons. The fourth-order valence-corrected chi connectivity index (χ4v) is 2.14. The van der Waals surface area contributed by atoms with Crippen LogP contribution in [-0.4, -0.2) is 63.5 Å². The van der Waals surface area contributed by atoms with Gasteiger partial charge in [-0.15, -0.1) is 0 Å². The van der Waals surface area contributed by atoms with E-state index in [2.05, 4.69) is 10.2 Å². The van der Waals surface area contributed by atoms with Gasteiger partial charge in [0.05, 0.1) is 25.9 Å². The van der Waals surface area contributed by atoms with E-state index in [4.69, 9.17) is 9.47 Å². The highest BCUT2D eigenvalue weighted by molar-refractivity contribution is 4.69. The summed E-state index contributed by atoms with van der Waals surface area (Å²) in [6.07, 6.45) is 2.91. The van der Waals surface area contributed by atoms with Crippen LogP contribution in [0.25, 0.3) is 0 Å². The largest absolute Gasteiger partial charge is 0.379 e. The lowest BCUT2D eigenvalue weighted by Gasteiger charge is -2.28. The second-order valence-corrected chi connectivity index (χ2v) is 4.29. The van der Waals surface area contributed by atoms with Gasteiger partial charge in [0.25, 0.3) is 0 Å². The molecule has 0 bridgehead atoms. The highest BCUT2D eigenvalue weighted by atomic mass is 16.5. The first-order valence-electron chi connectivity index (χ1n) is 6.07. The van der Waals surface area contributed by atoms with Crippen molar-refractivity contribution >= 4 is 0 Å². The lowest BCUT2D eigenvalue weighted by molar-refractivity contribution is -0.00418. The molecular formula is C11H22N2O2. The van der Waals surface area contributed by atoms with Crippen LogP contribution in [0.3, 0.4) is 0 Å². The number of piperidine rings is 1. The Morgan fingerprint density at radius 1 is 1.33 bits per heavy atom. The molecule has 2 heterocycles. The third-order valence-electron chi connectivity index (χ3n) is 3.12. The number of hydrogen-bond acceptors (Lipinski definition) is 4. The van der Waals surface area contributed by atoms with Crippen molar-refractivity contribution < 1.29 is 9.47 Å². The minimum atomic E-state index is 0.444. The smallest absolute Gasteiger partial charge is 0.0700 e. The maximum absolute atomic E-state index is 5.84. The van der Waals surface area contributed by atoms with Gasteiger partial charge >= 0.3 is 0 Å². The standard InChI is InChI=1S/C11H22N2O2/c1-2-11(10-12-3-1)15-9-6-13-4-7-14-8-5-13/h11-12H,1-10H2/t11-/m0/s1. The van der Waals surface area contributed by atoms with Crippen molar-refractivity contribution in [1.29, 1.82) is 0 Å². The van der Waals surface area contributed by atoms with Crippen molar-refractivity contribution in [2.45, 2.75) is 18.9 Å². The molecule has 0 amide bonds. The molecule has 2 aliphatic rings. The molecule has 1 atom stereocenters. The van der Waals surface area contributed by atoms with E-state index >= 15 is 0 Å². The summed E-state index contributed by atoms with van der Waals surface area (Å²) in [7, 11) is 0. The van der Waals surface area contributed by atoms with Gasteiger partial charge in [0.2, 0.25) is 0 Å². The van der Waals surface area contributed by atoms with E-state index in [1.807, 2.05) is 0 Å². The van der Waals surface area contributed by atoms with Crippen LogP contribution < -0.4 is 5.32 Å². The molecule has 0 unspecified atom stereocenters. The van der Waals surface area contributed by atoms with E-state index < -0.39 is 0 Å². The molecule has 2 aliphatic heterocycles. The Kier molecular flexibility index (Phi) is 4.86. The highest BCUT2D eigenvalue weighted by Crippen LogP contribution is 2.06. The number of rotatable bonds is 4. The molecular weight excluding hydrogens is 192 g/mol. The van der Waals surface area contributed by atoms with Crippen LogP contribution in [-0.2, 0) is 9.47 Å². The lowest BCUT2D eigenvalue weighted by Crippen LogP contribution is -2.40. The van der Waals surface area contributed by atoms with Gasteiger partial charge in [-0.2, -0.15) is 0 Å². The second kappa shape index (κ2) is 6.43. The maximum Gasteiger partial charge on any atom is 0.0700 e. The first kappa shape index (κ1) is 11.3. The summed E-state index contributed by atoms with van der Waals surface area (Å²) in [5.41, 5.74) is 0. The fraction of sp³-hybridized carbons (Fsp3) is 1.00. The Bertz CT molecular complexity index is 148. The van der Waals surface area contributed by atoms with Gasteiger partial charge < -0.3 is 14.8 Å². The van der Waals surface area contributed by atoms with Gasteiger partial charge in [-0.25, -0.2) is 0 Å². The van der Waals surface area contributed by atoms with Crippen molar-refractivity contribution in [3.8, 4) is 0 Å². The summed E-state index contributed by atoms with van der Waals surface area (Å²) in [4.78, 5) is 2.42. The minimum Gasteiger partial charge on any atom is -0.379 e. The van der Waals surface area contributed by atoms with Crippen molar-refractivity contribution in [1.82, 2.24) is 10.2 Å². The van der Waals surface area contributed by atoms with E-state index in [-0.39, 0.29) is 0 Å². The summed E-state index contributed by atoms with van der Waals surface area (Å²) < 4.78 is 11.1. The van der Waals surface area contributed by atoms with E-state index in [9.17, 15) is 0 Å². The molecule has 0 aliphatic carbocycles. The number of hydrogen-bond donors (Lipinski definition) is 1. The van der Waals surface area contributed by atoms with Crippen molar-refractivity contribution in [3.63, 3.8) is 0 Å². The average molecular weight is 214 g/mol. The Labute approximate surface area is 91.9 Å². The Hall–Kier alpha value is -0.160. The maximum atomic E-state index is 5.84. The van der Waals surface area contributed by atoms with Crippen LogP contribution in [0.15, 0.2) is 0 Å². The molecule has 2 rings (SSSR count). The van der Waals surface area contributed by atoms with E-state index in [0.29, 0.717) is 6.10 Å². The fourth-order valence-electron chi connectivity index (χ4n) is 2.14. The summed E-state index contributed by atoms with van der Waals surface area (Å²) in [6.45, 7) is 7.99. The molecule has 4 heteroatoms. The predicted molar refractivity (Wildman–Crippen MR) is 59.1 cm³/mol. The summed E-state index contributed by atoms with van der Waals surface area (Å²) in [5.74, 6) is 0. The molecule has 2 saturated heterocycles. The number of nitrogens with zero attached hydrogens (tertiary/aromatic N) is 1. The number of morpholine rings is 1. The van der Waals surface area contributed by atoms with Gasteiger partial charge in [-0.1, -0.05) is 0 Å². The van der Waals surface area contributed by atoms with Crippen molar-refractivity contribution in [2.75, 3.05) is 52.5 Å². The van der Waals surface area contributed by atoms with E-state index in [1.54, 1.807) is 0 Å². The van der Waals surface area contributed by atoms with Gasteiger partial charge in [-0.3, -0.25) is 4.90 Å². The molecule has 0 spiro atoms. The summed E-state index contributed by atoms with van der Waals surface area (Å²) in [5, 5.41) is 3.36. The zero-order chi connectivity index (χ0) is 10.3. The number of ether oxygens (including phenoxy) is 2. The third kappa shape index (κ3) is 4.07. The zero-order valence-corrected chi connectivity index (χ0v) is 9.41. The van der Waals surface area contributed by atoms with Gasteiger partial charge in [0.15, 0.2) is 0 Å². The first-order chi connectivity index (χ1) is 7.45. The average Bonchev–Trinajstić information content (AvgIpc) is 2.32. The van der Waals surface area contributed by atoms with Crippen LogP contribution in [0.4, 0.5) is 0 Å². The molecule has 2 fully saturated rings. The molecule has 1 N–H and O–H groups in total. The van der Waals surface area contributed by atoms with Crippen LogP contribution in [0.5, 0.6) is 0 Å². The summed E-state index contributed by atoms with van der Waals surface area (Å²) >= 11 is 0. The van der Waals surface area contributed by atoms with Crippen LogP contribution in [0.1, 0.15) is 12.8 Å². The summed E-state index contributed by atoms with van der Waals surface area (Å²) in [6, 6.07) is 0. The van der Waals surface area contributed by atoms with E-state index in [1.165, 1.54) is 12.8 Å². The molecule has 0 aromatic rings. The Morgan fingerprint density at radius 3 is 2.93 bits per heavy atom. The molecule has 0 aromatic carbocycles. The van der Waals surface area contributed by atoms with E-state index in [0.717, 1.165) is 52.5 Å². The van der Waals surface area contributed by atoms with Crippen LogP contribution >= 0.6 is 0 Å². The predicted octanol–water partition coefficient (Wildman–Crippen LogP) is 0.0872. The van der Waals surface area contributed by atoms with Gasteiger partial charge in [0, 0.05) is 26.2 Å². The molecule has 0 saturated carbocycles. The second-order valence-electron chi connectivity index (χ2n) is 4.29. The normalized spacial score (nSPS) is 29.2. The molecule has 4 nitrogen and oxygen atoms in total. The lowest BCUT2D eigenvalue weighted by atomic mass is 10.1. The monoisotopic (exact) mass is 214 g/mol. The minimum absolute atomic E-state index is 0.444. The molecule has 0 aromatic heterocycles. The Balaban J connectivity index is 1.53. The van der Waals surface area contributed by atoms with Crippen molar-refractivity contribution in [2.24, 2.45) is 0 Å². The topological polar surface area (TPSA) is 33.7 Å². The quantitative estimate of drug-likeness (QED) is 0.719. The van der Waals surface area contributed by atoms with Crippen LogP contribution in [0.2, 0.25) is 0 Å².